The molecule has 0 aliphatic heterocycles. The van der Waals surface area contributed by atoms with Gasteiger partial charge in [0.2, 0.25) is 0 Å². The summed E-state index contributed by atoms with van der Waals surface area (Å²) in [6.07, 6.45) is 3.54. The Morgan fingerprint density at radius 2 is 2.14 bits per heavy atom. The smallest absolute Gasteiger partial charge is 0.279 e. The van der Waals surface area contributed by atoms with Crippen molar-refractivity contribution in [3.63, 3.8) is 0 Å². The molecule has 3 aromatic rings. The highest BCUT2D eigenvalue weighted by molar-refractivity contribution is 6.18. The van der Waals surface area contributed by atoms with Crippen molar-refractivity contribution in [3.8, 4) is 0 Å². The summed E-state index contributed by atoms with van der Waals surface area (Å²) >= 11 is 0. The van der Waals surface area contributed by atoms with Crippen molar-refractivity contribution in [2.24, 2.45) is 0 Å². The number of nitro groups is 1. The van der Waals surface area contributed by atoms with E-state index >= 15 is 0 Å². The maximum absolute atomic E-state index is 12.6. The number of carbonyl (C=O) groups excluding carboxylic acids is 1. The zero-order valence-corrected chi connectivity index (χ0v) is 11.3. The highest BCUT2D eigenvalue weighted by Gasteiger charge is 2.23. The van der Waals surface area contributed by atoms with Crippen LogP contribution in [-0.2, 0) is 6.42 Å². The maximum atomic E-state index is 12.6. The molecule has 6 heteroatoms. The van der Waals surface area contributed by atoms with Gasteiger partial charge in [-0.25, -0.2) is 0 Å². The van der Waals surface area contributed by atoms with Gasteiger partial charge in [-0.2, -0.15) is 0 Å². The zero-order chi connectivity index (χ0) is 15.0. The van der Waals surface area contributed by atoms with Crippen molar-refractivity contribution in [3.05, 3.63) is 63.7 Å². The zero-order valence-electron chi connectivity index (χ0n) is 11.3. The minimum atomic E-state index is -0.483. The number of benzene rings is 1. The van der Waals surface area contributed by atoms with E-state index in [2.05, 4.69) is 4.98 Å². The van der Waals surface area contributed by atoms with Crippen LogP contribution >= 0.6 is 0 Å². The standard InChI is InChI=1S/C15H12N2O4/c1-2-13-9(6-7-21-13)15(18)10-8-16-11-4-3-5-12(14(10)11)17(19)20/h3-8,16H,2H2,1H3. The molecule has 0 aliphatic carbocycles. The first kappa shape index (κ1) is 13.1. The Balaban J connectivity index is 2.21. The van der Waals surface area contributed by atoms with Crippen molar-refractivity contribution < 1.29 is 14.1 Å². The second-order valence-electron chi connectivity index (χ2n) is 4.60. The fourth-order valence-electron chi connectivity index (χ4n) is 2.46. The van der Waals surface area contributed by atoms with Crippen molar-refractivity contribution in [2.45, 2.75) is 13.3 Å². The van der Waals surface area contributed by atoms with Gasteiger partial charge in [0.05, 0.1) is 33.2 Å². The van der Waals surface area contributed by atoms with Crippen LogP contribution in [0.2, 0.25) is 0 Å². The molecular formula is C15H12N2O4. The molecule has 1 N–H and O–H groups in total. The van der Waals surface area contributed by atoms with Crippen molar-refractivity contribution in [1.29, 1.82) is 0 Å². The molecule has 1 aromatic carbocycles. The number of H-pyrrole nitrogens is 1. The van der Waals surface area contributed by atoms with Gasteiger partial charge in [0.1, 0.15) is 5.76 Å². The third kappa shape index (κ3) is 2.01. The van der Waals surface area contributed by atoms with Crippen LogP contribution in [-0.4, -0.2) is 15.7 Å². The number of aryl methyl sites for hydroxylation is 1. The molecule has 0 amide bonds. The van der Waals surface area contributed by atoms with E-state index in [1.165, 1.54) is 18.5 Å². The minimum absolute atomic E-state index is 0.0846. The Bertz CT molecular complexity index is 844. The molecule has 106 valence electrons. The molecule has 0 spiro atoms. The highest BCUT2D eigenvalue weighted by atomic mass is 16.6. The SMILES string of the molecule is CCc1occc1C(=O)c1c[nH]c2cccc([N+](=O)[O-])c12. The normalized spacial score (nSPS) is 10.9. The number of nitro benzene ring substituents is 1. The van der Waals surface area contributed by atoms with Crippen LogP contribution in [0.3, 0.4) is 0 Å². The fraction of sp³-hybridized carbons (Fsp3) is 0.133. The van der Waals surface area contributed by atoms with Crippen LogP contribution in [0.5, 0.6) is 0 Å². The minimum Gasteiger partial charge on any atom is -0.469 e. The van der Waals surface area contributed by atoms with Gasteiger partial charge in [-0.3, -0.25) is 14.9 Å². The molecule has 2 aromatic heterocycles. The predicted octanol–water partition coefficient (Wildman–Crippen LogP) is 3.46. The van der Waals surface area contributed by atoms with Crippen LogP contribution in [0, 0.1) is 10.1 Å². The van der Waals surface area contributed by atoms with Gasteiger partial charge in [-0.15, -0.1) is 0 Å². The van der Waals surface area contributed by atoms with Gasteiger partial charge >= 0.3 is 0 Å². The van der Waals surface area contributed by atoms with Crippen LogP contribution in [0.25, 0.3) is 10.9 Å². The second kappa shape index (κ2) is 4.90. The van der Waals surface area contributed by atoms with Crippen LogP contribution in [0.15, 0.2) is 41.1 Å². The third-order valence-corrected chi connectivity index (χ3v) is 3.44. The lowest BCUT2D eigenvalue weighted by Crippen LogP contribution is -2.03. The molecule has 21 heavy (non-hydrogen) atoms. The van der Waals surface area contributed by atoms with Crippen LogP contribution in [0.4, 0.5) is 5.69 Å². The summed E-state index contributed by atoms with van der Waals surface area (Å²) in [4.78, 5) is 26.2. The topological polar surface area (TPSA) is 89.1 Å². The first-order valence-corrected chi connectivity index (χ1v) is 6.49. The van der Waals surface area contributed by atoms with Crippen molar-refractivity contribution >= 4 is 22.4 Å². The summed E-state index contributed by atoms with van der Waals surface area (Å²) < 4.78 is 5.26. The Morgan fingerprint density at radius 1 is 1.33 bits per heavy atom. The molecule has 0 atom stereocenters. The van der Waals surface area contributed by atoms with Gasteiger partial charge in [0.15, 0.2) is 5.78 Å². The van der Waals surface area contributed by atoms with Gasteiger partial charge < -0.3 is 9.40 Å². The number of furan rings is 1. The summed E-state index contributed by atoms with van der Waals surface area (Å²) in [5.41, 5.74) is 1.21. The second-order valence-corrected chi connectivity index (χ2v) is 4.60. The number of nitrogens with one attached hydrogen (secondary N) is 1. The summed E-state index contributed by atoms with van der Waals surface area (Å²) in [5.74, 6) is 0.300. The summed E-state index contributed by atoms with van der Waals surface area (Å²) in [5, 5.41) is 11.5. The first-order chi connectivity index (χ1) is 10.1. The third-order valence-electron chi connectivity index (χ3n) is 3.44. The Labute approximate surface area is 119 Å². The van der Waals surface area contributed by atoms with Crippen LogP contribution < -0.4 is 0 Å². The molecule has 0 unspecified atom stereocenters. The number of aromatic amines is 1. The van der Waals surface area contributed by atoms with Crippen molar-refractivity contribution in [1.82, 2.24) is 4.98 Å². The Kier molecular flexibility index (Phi) is 3.06. The number of aromatic nitrogens is 1. The summed E-state index contributed by atoms with van der Waals surface area (Å²) in [7, 11) is 0. The van der Waals surface area contributed by atoms with E-state index in [0.717, 1.165) is 0 Å². The molecule has 0 fully saturated rings. The van der Waals surface area contributed by atoms with E-state index in [-0.39, 0.29) is 17.0 Å². The number of fused-ring (bicyclic) bond motifs is 1. The molecule has 0 bridgehead atoms. The lowest BCUT2D eigenvalue weighted by Gasteiger charge is -2.00. The number of hydrogen-bond acceptors (Lipinski definition) is 4. The van der Waals surface area contributed by atoms with E-state index in [1.807, 2.05) is 6.92 Å². The number of rotatable bonds is 4. The average Bonchev–Trinajstić information content (AvgIpc) is 3.12. The fourth-order valence-corrected chi connectivity index (χ4v) is 2.46. The van der Waals surface area contributed by atoms with Gasteiger partial charge in [0.25, 0.3) is 5.69 Å². The predicted molar refractivity (Wildman–Crippen MR) is 76.5 cm³/mol. The van der Waals surface area contributed by atoms with E-state index in [1.54, 1.807) is 18.2 Å². The summed E-state index contributed by atoms with van der Waals surface area (Å²) in [6, 6.07) is 6.27. The maximum Gasteiger partial charge on any atom is 0.279 e. The number of hydrogen-bond donors (Lipinski definition) is 1. The average molecular weight is 284 g/mol. The van der Waals surface area contributed by atoms with Crippen LogP contribution in [0.1, 0.15) is 28.6 Å². The molecule has 0 aliphatic rings. The summed E-state index contributed by atoms with van der Waals surface area (Å²) in [6.45, 7) is 1.88. The lowest BCUT2D eigenvalue weighted by atomic mass is 10.0. The number of ketones is 1. The molecule has 3 rings (SSSR count). The Morgan fingerprint density at radius 3 is 2.86 bits per heavy atom. The monoisotopic (exact) mass is 284 g/mol. The molecule has 2 heterocycles. The number of nitrogens with zero attached hydrogens (tertiary/aromatic N) is 1. The van der Waals surface area contributed by atoms with Gasteiger partial charge in [-0.1, -0.05) is 13.0 Å². The van der Waals surface area contributed by atoms with Gasteiger partial charge in [-0.05, 0) is 12.1 Å². The molecular weight excluding hydrogens is 272 g/mol. The molecule has 6 nitrogen and oxygen atoms in total. The molecule has 0 radical (unpaired) electrons. The van der Waals surface area contributed by atoms with E-state index < -0.39 is 4.92 Å². The lowest BCUT2D eigenvalue weighted by molar-refractivity contribution is -0.383. The molecule has 0 saturated carbocycles. The quantitative estimate of drug-likeness (QED) is 0.451. The first-order valence-electron chi connectivity index (χ1n) is 6.49. The van der Waals surface area contributed by atoms with Gasteiger partial charge in [0, 0.05) is 18.7 Å². The largest absolute Gasteiger partial charge is 0.469 e. The van der Waals surface area contributed by atoms with E-state index in [9.17, 15) is 14.9 Å². The molecule has 0 saturated heterocycles. The number of carbonyl (C=O) groups is 1. The highest BCUT2D eigenvalue weighted by Crippen LogP contribution is 2.30. The van der Waals surface area contributed by atoms with Crippen molar-refractivity contribution in [2.75, 3.05) is 0 Å². The number of non-ortho nitro benzene ring substituents is 1. The van der Waals surface area contributed by atoms with E-state index in [4.69, 9.17) is 4.42 Å². The Hall–Kier alpha value is -2.89. The van der Waals surface area contributed by atoms with E-state index in [0.29, 0.717) is 28.6 Å².